The second kappa shape index (κ2) is 4.60. The lowest BCUT2D eigenvalue weighted by molar-refractivity contribution is 0.268. The van der Waals surface area contributed by atoms with Gasteiger partial charge in [0.25, 0.3) is 0 Å². The molecule has 1 aromatic rings. The van der Waals surface area contributed by atoms with Gasteiger partial charge in [-0.3, -0.25) is 0 Å². The number of benzene rings is 1. The first-order chi connectivity index (χ1) is 5.70. The molecule has 0 saturated heterocycles. The van der Waals surface area contributed by atoms with Gasteiger partial charge in [0.2, 0.25) is 0 Å². The average Bonchev–Trinajstić information content (AvgIpc) is 2.06. The van der Waals surface area contributed by atoms with E-state index < -0.39 is 6.10 Å². The maximum Gasteiger partial charge on any atom is 0.0925 e. The minimum absolute atomic E-state index is 0.523. The topological polar surface area (TPSA) is 20.2 Å². The highest BCUT2D eigenvalue weighted by molar-refractivity contribution is 8.23. The van der Waals surface area contributed by atoms with Crippen molar-refractivity contribution in [2.75, 3.05) is 0 Å². The lowest BCUT2D eigenvalue weighted by atomic mass is 10.4. The van der Waals surface area contributed by atoms with Gasteiger partial charge in [0.05, 0.1) is 10.3 Å². The Balaban J connectivity index is 2.59. The van der Waals surface area contributed by atoms with Gasteiger partial charge in [-0.25, -0.2) is 0 Å². The van der Waals surface area contributed by atoms with Gasteiger partial charge in [-0.05, 0) is 19.1 Å². The Morgan fingerprint density at radius 3 is 2.50 bits per heavy atom. The van der Waals surface area contributed by atoms with Crippen molar-refractivity contribution in [1.29, 1.82) is 0 Å². The van der Waals surface area contributed by atoms with Gasteiger partial charge in [-0.15, -0.1) is 0 Å². The summed E-state index contributed by atoms with van der Waals surface area (Å²) in [6.07, 6.45) is -0.523. The fourth-order valence-corrected chi connectivity index (χ4v) is 1.67. The zero-order valence-corrected chi connectivity index (χ0v) is 8.36. The van der Waals surface area contributed by atoms with Crippen LogP contribution in [0.4, 0.5) is 0 Å². The third-order valence-electron chi connectivity index (χ3n) is 1.30. The molecule has 0 heterocycles. The van der Waals surface area contributed by atoms with Crippen LogP contribution in [0.15, 0.2) is 35.2 Å². The smallest absolute Gasteiger partial charge is 0.0925 e. The van der Waals surface area contributed by atoms with Gasteiger partial charge in [-0.1, -0.05) is 42.2 Å². The second-order valence-corrected chi connectivity index (χ2v) is 4.22. The fourth-order valence-electron chi connectivity index (χ4n) is 0.690. The second-order valence-electron chi connectivity index (χ2n) is 2.41. The summed E-state index contributed by atoms with van der Waals surface area (Å²) in [5, 5.41) is 9.12. The third kappa shape index (κ3) is 2.93. The number of aliphatic hydroxyl groups is 1. The van der Waals surface area contributed by atoms with E-state index >= 15 is 0 Å². The summed E-state index contributed by atoms with van der Waals surface area (Å²) in [7, 11) is 0. The molecule has 1 atom stereocenters. The molecule has 0 aliphatic carbocycles. The van der Waals surface area contributed by atoms with Gasteiger partial charge in [0.15, 0.2) is 0 Å². The minimum atomic E-state index is -0.523. The SMILES string of the molecule is CC(O)C(=S)Sc1ccccc1. The molecule has 0 aromatic heterocycles. The molecule has 0 aliphatic heterocycles. The predicted molar refractivity (Wildman–Crippen MR) is 56.6 cm³/mol. The molecule has 3 heteroatoms. The van der Waals surface area contributed by atoms with Crippen LogP contribution in [0.5, 0.6) is 0 Å². The molecule has 1 N–H and O–H groups in total. The van der Waals surface area contributed by atoms with Crippen molar-refractivity contribution in [2.45, 2.75) is 17.9 Å². The first-order valence-corrected chi connectivity index (χ1v) is 4.87. The van der Waals surface area contributed by atoms with Gasteiger partial charge in [0.1, 0.15) is 0 Å². The maximum absolute atomic E-state index is 9.12. The number of aliphatic hydroxyl groups excluding tert-OH is 1. The van der Waals surface area contributed by atoms with E-state index in [2.05, 4.69) is 0 Å². The molecule has 1 rings (SSSR count). The highest BCUT2D eigenvalue weighted by atomic mass is 32.2. The maximum atomic E-state index is 9.12. The molecule has 0 saturated carbocycles. The first kappa shape index (κ1) is 9.71. The van der Waals surface area contributed by atoms with Crippen LogP contribution in [0.3, 0.4) is 0 Å². The molecular weight excluding hydrogens is 188 g/mol. The molecular formula is C9H10OS2. The molecule has 12 heavy (non-hydrogen) atoms. The summed E-state index contributed by atoms with van der Waals surface area (Å²) in [4.78, 5) is 1.07. The van der Waals surface area contributed by atoms with Crippen molar-refractivity contribution < 1.29 is 5.11 Å². The van der Waals surface area contributed by atoms with E-state index in [9.17, 15) is 0 Å². The molecule has 64 valence electrons. The van der Waals surface area contributed by atoms with E-state index in [4.69, 9.17) is 17.3 Å². The minimum Gasteiger partial charge on any atom is -0.387 e. The van der Waals surface area contributed by atoms with Crippen molar-refractivity contribution in [3.63, 3.8) is 0 Å². The number of rotatable bonds is 2. The number of hydrogen-bond acceptors (Lipinski definition) is 3. The monoisotopic (exact) mass is 198 g/mol. The molecule has 0 spiro atoms. The van der Waals surface area contributed by atoms with Crippen LogP contribution >= 0.6 is 24.0 Å². The summed E-state index contributed by atoms with van der Waals surface area (Å²) in [6.45, 7) is 1.68. The normalized spacial score (nSPS) is 12.5. The fraction of sp³-hybridized carbons (Fsp3) is 0.222. The highest BCUT2D eigenvalue weighted by Gasteiger charge is 2.05. The van der Waals surface area contributed by atoms with Crippen LogP contribution in [-0.2, 0) is 0 Å². The van der Waals surface area contributed by atoms with E-state index in [1.165, 1.54) is 11.8 Å². The van der Waals surface area contributed by atoms with Gasteiger partial charge in [0, 0.05) is 4.90 Å². The summed E-state index contributed by atoms with van der Waals surface area (Å²) in [5.74, 6) is 0. The summed E-state index contributed by atoms with van der Waals surface area (Å²) < 4.78 is 0.612. The zero-order chi connectivity index (χ0) is 8.97. The van der Waals surface area contributed by atoms with Crippen LogP contribution in [0.1, 0.15) is 6.92 Å². The molecule has 0 amide bonds. The summed E-state index contributed by atoms with van der Waals surface area (Å²) in [6, 6.07) is 9.80. The van der Waals surface area contributed by atoms with Crippen molar-refractivity contribution in [3.8, 4) is 0 Å². The molecule has 0 bridgehead atoms. The van der Waals surface area contributed by atoms with E-state index in [1.807, 2.05) is 30.3 Å². The highest BCUT2D eigenvalue weighted by Crippen LogP contribution is 2.20. The molecule has 0 radical (unpaired) electrons. The molecule has 1 nitrogen and oxygen atoms in total. The Morgan fingerprint density at radius 2 is 2.00 bits per heavy atom. The Kier molecular flexibility index (Phi) is 3.72. The summed E-state index contributed by atoms with van der Waals surface area (Å²) >= 11 is 6.41. The van der Waals surface area contributed by atoms with Crippen LogP contribution in [0, 0.1) is 0 Å². The predicted octanol–water partition coefficient (Wildman–Crippen LogP) is 2.49. The van der Waals surface area contributed by atoms with Crippen LogP contribution in [0.25, 0.3) is 0 Å². The van der Waals surface area contributed by atoms with Crippen LogP contribution < -0.4 is 0 Å². The van der Waals surface area contributed by atoms with Gasteiger partial charge < -0.3 is 5.11 Å². The quantitative estimate of drug-likeness (QED) is 0.582. The molecule has 1 aromatic carbocycles. The van der Waals surface area contributed by atoms with Crippen LogP contribution in [-0.4, -0.2) is 15.4 Å². The largest absolute Gasteiger partial charge is 0.387 e. The number of hydrogen-bond donors (Lipinski definition) is 1. The summed E-state index contributed by atoms with van der Waals surface area (Å²) in [5.41, 5.74) is 0. The van der Waals surface area contributed by atoms with E-state index in [1.54, 1.807) is 6.92 Å². The molecule has 1 unspecified atom stereocenters. The third-order valence-corrected chi connectivity index (χ3v) is 2.94. The lowest BCUT2D eigenvalue weighted by Crippen LogP contribution is -2.08. The Labute approximate surface area is 81.8 Å². The van der Waals surface area contributed by atoms with E-state index in [0.717, 1.165) is 4.90 Å². The number of thiocarbonyl (C=S) groups is 1. The lowest BCUT2D eigenvalue weighted by Gasteiger charge is -2.04. The first-order valence-electron chi connectivity index (χ1n) is 3.65. The van der Waals surface area contributed by atoms with E-state index in [-0.39, 0.29) is 0 Å². The van der Waals surface area contributed by atoms with Crippen molar-refractivity contribution in [2.24, 2.45) is 0 Å². The molecule has 0 fully saturated rings. The molecule has 0 aliphatic rings. The average molecular weight is 198 g/mol. The Morgan fingerprint density at radius 1 is 1.42 bits per heavy atom. The Hall–Kier alpha value is -0.380. The van der Waals surface area contributed by atoms with E-state index in [0.29, 0.717) is 4.20 Å². The van der Waals surface area contributed by atoms with Crippen molar-refractivity contribution in [3.05, 3.63) is 30.3 Å². The Bertz CT molecular complexity index is 256. The van der Waals surface area contributed by atoms with Crippen molar-refractivity contribution >= 4 is 28.2 Å². The number of thioether (sulfide) groups is 1. The van der Waals surface area contributed by atoms with Gasteiger partial charge >= 0.3 is 0 Å². The standard InChI is InChI=1S/C9H10OS2/c1-7(10)9(11)12-8-5-3-2-4-6-8/h2-7,10H,1H3. The zero-order valence-electron chi connectivity index (χ0n) is 6.73. The van der Waals surface area contributed by atoms with Gasteiger partial charge in [-0.2, -0.15) is 0 Å². The van der Waals surface area contributed by atoms with Crippen molar-refractivity contribution in [1.82, 2.24) is 0 Å². The van der Waals surface area contributed by atoms with Crippen LogP contribution in [0.2, 0.25) is 0 Å².